The van der Waals surface area contributed by atoms with Crippen molar-refractivity contribution in [1.82, 2.24) is 9.21 Å². The van der Waals surface area contributed by atoms with Crippen LogP contribution in [0.4, 0.5) is 0 Å². The van der Waals surface area contributed by atoms with Crippen molar-refractivity contribution in [3.05, 3.63) is 23.8 Å². The van der Waals surface area contributed by atoms with Gasteiger partial charge in [-0.1, -0.05) is 6.92 Å². The van der Waals surface area contributed by atoms with Crippen LogP contribution in [0.5, 0.6) is 5.75 Å². The Labute approximate surface area is 131 Å². The lowest BCUT2D eigenvalue weighted by Gasteiger charge is -2.34. The summed E-state index contributed by atoms with van der Waals surface area (Å²) >= 11 is 0. The molecule has 0 aromatic heterocycles. The normalized spacial score (nSPS) is 16.6. The molecule has 22 heavy (non-hydrogen) atoms. The quantitative estimate of drug-likeness (QED) is 0.835. The van der Waals surface area contributed by atoms with E-state index < -0.39 is 10.0 Å². The molecule has 122 valence electrons. The Hall–Kier alpha value is -1.60. The van der Waals surface area contributed by atoms with E-state index in [0.717, 1.165) is 0 Å². The molecule has 0 radical (unpaired) electrons. The van der Waals surface area contributed by atoms with Crippen LogP contribution in [0.1, 0.15) is 18.9 Å². The van der Waals surface area contributed by atoms with E-state index in [1.807, 2.05) is 6.92 Å². The van der Waals surface area contributed by atoms with Crippen LogP contribution in [0, 0.1) is 6.92 Å². The van der Waals surface area contributed by atoms with Crippen LogP contribution in [-0.2, 0) is 14.8 Å². The molecule has 1 aliphatic heterocycles. The number of carbonyl (C=O) groups is 1. The number of ether oxygens (including phenoxy) is 1. The third kappa shape index (κ3) is 3.25. The van der Waals surface area contributed by atoms with Gasteiger partial charge in [-0.2, -0.15) is 4.31 Å². The second-order valence-electron chi connectivity index (χ2n) is 5.27. The summed E-state index contributed by atoms with van der Waals surface area (Å²) in [7, 11) is -1.99. The van der Waals surface area contributed by atoms with Gasteiger partial charge in [0.2, 0.25) is 15.9 Å². The smallest absolute Gasteiger partial charge is 0.243 e. The molecule has 1 heterocycles. The lowest BCUT2D eigenvalue weighted by atomic mass is 10.2. The number of nitrogens with zero attached hydrogens (tertiary/aromatic N) is 2. The zero-order chi connectivity index (χ0) is 16.3. The minimum atomic E-state index is -3.53. The average Bonchev–Trinajstić information content (AvgIpc) is 2.53. The molecular weight excluding hydrogens is 304 g/mol. The van der Waals surface area contributed by atoms with Crippen LogP contribution in [0.15, 0.2) is 23.1 Å². The summed E-state index contributed by atoms with van der Waals surface area (Å²) in [4.78, 5) is 13.7. The van der Waals surface area contributed by atoms with Gasteiger partial charge in [0.25, 0.3) is 0 Å². The number of rotatable bonds is 4. The molecule has 0 unspecified atom stereocenters. The van der Waals surface area contributed by atoms with E-state index in [4.69, 9.17) is 4.74 Å². The molecule has 0 saturated carbocycles. The molecule has 1 saturated heterocycles. The number of hydrogen-bond donors (Lipinski definition) is 0. The molecule has 0 N–H and O–H groups in total. The van der Waals surface area contributed by atoms with Crippen molar-refractivity contribution < 1.29 is 17.9 Å². The second kappa shape index (κ2) is 6.66. The van der Waals surface area contributed by atoms with Crippen LogP contribution in [0.25, 0.3) is 0 Å². The monoisotopic (exact) mass is 326 g/mol. The Bertz CT molecular complexity index is 650. The molecular formula is C15H22N2O4S. The first-order chi connectivity index (χ1) is 10.4. The summed E-state index contributed by atoms with van der Waals surface area (Å²) in [5.74, 6) is 0.701. The number of hydrogen-bond acceptors (Lipinski definition) is 4. The summed E-state index contributed by atoms with van der Waals surface area (Å²) in [5.41, 5.74) is 0.659. The fourth-order valence-corrected chi connectivity index (χ4v) is 4.21. The molecule has 2 rings (SSSR count). The number of amides is 1. The number of carbonyl (C=O) groups excluding carboxylic acids is 1. The Morgan fingerprint density at radius 1 is 1.23 bits per heavy atom. The van der Waals surface area contributed by atoms with Crippen LogP contribution in [-0.4, -0.2) is 56.8 Å². The van der Waals surface area contributed by atoms with Crippen molar-refractivity contribution >= 4 is 15.9 Å². The minimum Gasteiger partial charge on any atom is -0.497 e. The Kier molecular flexibility index (Phi) is 5.08. The largest absolute Gasteiger partial charge is 0.497 e. The number of methoxy groups -OCH3 is 1. The summed E-state index contributed by atoms with van der Waals surface area (Å²) in [6.07, 6.45) is 0.449. The molecule has 0 spiro atoms. The molecule has 0 atom stereocenters. The zero-order valence-corrected chi connectivity index (χ0v) is 14.0. The van der Waals surface area contributed by atoms with Gasteiger partial charge in [0.05, 0.1) is 12.0 Å². The van der Waals surface area contributed by atoms with Gasteiger partial charge >= 0.3 is 0 Å². The first kappa shape index (κ1) is 16.8. The van der Waals surface area contributed by atoms with Gasteiger partial charge in [-0.25, -0.2) is 8.42 Å². The molecule has 1 amide bonds. The number of sulfonamides is 1. The van der Waals surface area contributed by atoms with E-state index in [1.165, 1.54) is 4.31 Å². The topological polar surface area (TPSA) is 66.9 Å². The van der Waals surface area contributed by atoms with E-state index in [1.54, 1.807) is 37.1 Å². The van der Waals surface area contributed by atoms with Gasteiger partial charge in [0.15, 0.2) is 0 Å². The highest BCUT2D eigenvalue weighted by Gasteiger charge is 2.30. The number of benzene rings is 1. The highest BCUT2D eigenvalue weighted by atomic mass is 32.2. The molecule has 1 aromatic rings. The highest BCUT2D eigenvalue weighted by molar-refractivity contribution is 7.89. The van der Waals surface area contributed by atoms with Gasteiger partial charge < -0.3 is 9.64 Å². The SMILES string of the molecule is CCC(=O)N1CCN(S(=O)(=O)c2ccc(OC)cc2C)CC1. The Morgan fingerprint density at radius 3 is 2.36 bits per heavy atom. The Morgan fingerprint density at radius 2 is 1.86 bits per heavy atom. The Balaban J connectivity index is 2.17. The third-order valence-corrected chi connectivity index (χ3v) is 5.95. The number of piperazine rings is 1. The van der Waals surface area contributed by atoms with Crippen molar-refractivity contribution in [3.8, 4) is 5.75 Å². The summed E-state index contributed by atoms with van der Waals surface area (Å²) in [6, 6.07) is 4.94. The molecule has 0 bridgehead atoms. The second-order valence-corrected chi connectivity index (χ2v) is 7.18. The molecule has 7 heteroatoms. The van der Waals surface area contributed by atoms with Crippen LogP contribution < -0.4 is 4.74 Å². The molecule has 1 fully saturated rings. The first-order valence-corrected chi connectivity index (χ1v) is 8.76. The predicted octanol–water partition coefficient (Wildman–Crippen LogP) is 1.25. The van der Waals surface area contributed by atoms with E-state index >= 15 is 0 Å². The van der Waals surface area contributed by atoms with Gasteiger partial charge in [-0.05, 0) is 30.7 Å². The van der Waals surface area contributed by atoms with Crippen molar-refractivity contribution in [2.75, 3.05) is 33.3 Å². The van der Waals surface area contributed by atoms with Crippen molar-refractivity contribution in [2.45, 2.75) is 25.2 Å². The maximum Gasteiger partial charge on any atom is 0.243 e. The zero-order valence-electron chi connectivity index (χ0n) is 13.2. The summed E-state index contributed by atoms with van der Waals surface area (Å²) in [5, 5.41) is 0. The highest BCUT2D eigenvalue weighted by Crippen LogP contribution is 2.24. The average molecular weight is 326 g/mol. The minimum absolute atomic E-state index is 0.0673. The lowest BCUT2D eigenvalue weighted by Crippen LogP contribution is -2.50. The fraction of sp³-hybridized carbons (Fsp3) is 0.533. The molecule has 1 aromatic carbocycles. The summed E-state index contributed by atoms with van der Waals surface area (Å²) in [6.45, 7) is 5.12. The van der Waals surface area contributed by atoms with Gasteiger partial charge in [-0.15, -0.1) is 0 Å². The van der Waals surface area contributed by atoms with E-state index in [2.05, 4.69) is 0 Å². The third-order valence-electron chi connectivity index (χ3n) is 3.89. The lowest BCUT2D eigenvalue weighted by molar-refractivity contribution is -0.132. The molecule has 6 nitrogen and oxygen atoms in total. The summed E-state index contributed by atoms with van der Waals surface area (Å²) < 4.78 is 32.0. The molecule has 1 aliphatic rings. The van der Waals surface area contributed by atoms with Crippen molar-refractivity contribution in [2.24, 2.45) is 0 Å². The standard InChI is InChI=1S/C15H22N2O4S/c1-4-15(18)16-7-9-17(10-8-16)22(19,20)14-6-5-13(21-3)11-12(14)2/h5-6,11H,4,7-10H2,1-3H3. The maximum atomic E-state index is 12.7. The predicted molar refractivity (Wildman–Crippen MR) is 83.4 cm³/mol. The van der Waals surface area contributed by atoms with Gasteiger partial charge in [0, 0.05) is 32.6 Å². The van der Waals surface area contributed by atoms with Gasteiger partial charge in [-0.3, -0.25) is 4.79 Å². The van der Waals surface area contributed by atoms with Crippen molar-refractivity contribution in [1.29, 1.82) is 0 Å². The van der Waals surface area contributed by atoms with E-state index in [9.17, 15) is 13.2 Å². The first-order valence-electron chi connectivity index (χ1n) is 7.32. The van der Waals surface area contributed by atoms with Crippen LogP contribution in [0.2, 0.25) is 0 Å². The van der Waals surface area contributed by atoms with E-state index in [-0.39, 0.29) is 5.91 Å². The maximum absolute atomic E-state index is 12.7. The fourth-order valence-electron chi connectivity index (χ4n) is 2.58. The van der Waals surface area contributed by atoms with Gasteiger partial charge in [0.1, 0.15) is 5.75 Å². The molecule has 0 aliphatic carbocycles. The van der Waals surface area contributed by atoms with E-state index in [0.29, 0.717) is 48.8 Å². The van der Waals surface area contributed by atoms with Crippen LogP contribution in [0.3, 0.4) is 0 Å². The van der Waals surface area contributed by atoms with Crippen molar-refractivity contribution in [3.63, 3.8) is 0 Å². The number of aryl methyl sites for hydroxylation is 1. The van der Waals surface area contributed by atoms with Crippen LogP contribution >= 0.6 is 0 Å².